The van der Waals surface area contributed by atoms with E-state index in [1.807, 2.05) is 59.1 Å². The van der Waals surface area contributed by atoms with E-state index < -0.39 is 5.54 Å². The van der Waals surface area contributed by atoms with E-state index in [1.165, 1.54) is 4.88 Å². The zero-order valence-electron chi connectivity index (χ0n) is 19.9. The first-order chi connectivity index (χ1) is 17.1. The summed E-state index contributed by atoms with van der Waals surface area (Å²) in [6.07, 6.45) is 9.01. The molecule has 1 atom stereocenters. The van der Waals surface area contributed by atoms with Crippen LogP contribution in [0.5, 0.6) is 0 Å². The Kier molecular flexibility index (Phi) is 5.52. The molecule has 3 aromatic heterocycles. The van der Waals surface area contributed by atoms with Gasteiger partial charge >= 0.3 is 0 Å². The SMILES string of the molecule is C[C@@]1(C(=O)NC2CCCC2)Cn2c(c(-n3cccc3)c3ccccc32)C(=O)N1CCc1cccs1. The number of nitrogens with zero attached hydrogens (tertiary/aromatic N) is 3. The number of para-hydroxylation sites is 1. The van der Waals surface area contributed by atoms with Gasteiger partial charge in [-0.1, -0.05) is 37.1 Å². The number of fused-ring (bicyclic) bond motifs is 3. The van der Waals surface area contributed by atoms with Gasteiger partial charge in [-0.2, -0.15) is 0 Å². The van der Waals surface area contributed by atoms with Crippen molar-refractivity contribution in [3.63, 3.8) is 0 Å². The van der Waals surface area contributed by atoms with Crippen molar-refractivity contribution in [3.8, 4) is 5.69 Å². The summed E-state index contributed by atoms with van der Waals surface area (Å²) in [6, 6.07) is 16.4. The summed E-state index contributed by atoms with van der Waals surface area (Å²) in [5, 5.41) is 6.37. The summed E-state index contributed by atoms with van der Waals surface area (Å²) in [4.78, 5) is 31.2. The lowest BCUT2D eigenvalue weighted by Gasteiger charge is -2.44. The molecule has 4 heterocycles. The number of carbonyl (C=O) groups is 2. The van der Waals surface area contributed by atoms with Crippen LogP contribution in [0, 0.1) is 0 Å². The van der Waals surface area contributed by atoms with E-state index in [0.29, 0.717) is 18.8 Å². The summed E-state index contributed by atoms with van der Waals surface area (Å²) in [7, 11) is 0. The van der Waals surface area contributed by atoms with Crippen LogP contribution in [0.3, 0.4) is 0 Å². The Balaban J connectivity index is 1.47. The second-order valence-corrected chi connectivity index (χ2v) is 10.9. The highest BCUT2D eigenvalue weighted by Crippen LogP contribution is 2.38. The lowest BCUT2D eigenvalue weighted by molar-refractivity contribution is -0.133. The van der Waals surface area contributed by atoms with Gasteiger partial charge in [0.05, 0.1) is 17.7 Å². The number of aromatic nitrogens is 2. The highest BCUT2D eigenvalue weighted by molar-refractivity contribution is 7.09. The molecule has 6 rings (SSSR count). The van der Waals surface area contributed by atoms with Crippen LogP contribution in [0.15, 0.2) is 66.3 Å². The second kappa shape index (κ2) is 8.72. The van der Waals surface area contributed by atoms with Crippen LogP contribution in [0.25, 0.3) is 16.6 Å². The third-order valence-electron chi connectivity index (χ3n) is 7.66. The topological polar surface area (TPSA) is 59.3 Å². The number of carbonyl (C=O) groups excluding carboxylic acids is 2. The number of thiophene rings is 1. The van der Waals surface area contributed by atoms with E-state index in [0.717, 1.165) is 48.7 Å². The molecule has 180 valence electrons. The Hall–Kier alpha value is -3.32. The monoisotopic (exact) mass is 486 g/mol. The molecule has 1 fully saturated rings. The highest BCUT2D eigenvalue weighted by Gasteiger charge is 2.49. The second-order valence-electron chi connectivity index (χ2n) is 9.91. The lowest BCUT2D eigenvalue weighted by atomic mass is 9.93. The molecule has 1 aliphatic heterocycles. The molecule has 0 unspecified atom stereocenters. The van der Waals surface area contributed by atoms with Gasteiger partial charge in [-0.3, -0.25) is 9.59 Å². The first-order valence-corrected chi connectivity index (χ1v) is 13.3. The molecule has 0 radical (unpaired) electrons. The van der Waals surface area contributed by atoms with Crippen LogP contribution in [0.2, 0.25) is 0 Å². The molecule has 7 heteroatoms. The van der Waals surface area contributed by atoms with Gasteiger partial charge in [0.25, 0.3) is 5.91 Å². The smallest absolute Gasteiger partial charge is 0.273 e. The molecule has 0 saturated heterocycles. The zero-order valence-corrected chi connectivity index (χ0v) is 20.8. The minimum atomic E-state index is -0.973. The third kappa shape index (κ3) is 3.69. The summed E-state index contributed by atoms with van der Waals surface area (Å²) < 4.78 is 4.09. The molecule has 35 heavy (non-hydrogen) atoms. The molecule has 0 bridgehead atoms. The molecule has 2 aliphatic rings. The first kappa shape index (κ1) is 22.2. The van der Waals surface area contributed by atoms with Crippen LogP contribution in [-0.4, -0.2) is 44.0 Å². The van der Waals surface area contributed by atoms with Crippen molar-refractivity contribution in [2.24, 2.45) is 0 Å². The van der Waals surface area contributed by atoms with Gasteiger partial charge in [0.1, 0.15) is 11.2 Å². The molecule has 1 saturated carbocycles. The molecule has 4 aromatic rings. The van der Waals surface area contributed by atoms with Crippen molar-refractivity contribution in [2.75, 3.05) is 6.54 Å². The third-order valence-corrected chi connectivity index (χ3v) is 8.59. The largest absolute Gasteiger partial charge is 0.351 e. The fourth-order valence-corrected chi connectivity index (χ4v) is 6.48. The Bertz CT molecular complexity index is 1370. The number of nitrogens with one attached hydrogen (secondary N) is 1. The zero-order chi connectivity index (χ0) is 24.0. The lowest BCUT2D eigenvalue weighted by Crippen LogP contribution is -2.65. The minimum Gasteiger partial charge on any atom is -0.351 e. The average Bonchev–Trinajstić information content (AvgIpc) is 3.66. The summed E-state index contributed by atoms with van der Waals surface area (Å²) in [6.45, 7) is 2.87. The Morgan fingerprint density at radius 1 is 1.09 bits per heavy atom. The average molecular weight is 487 g/mol. The number of hydrogen-bond acceptors (Lipinski definition) is 3. The molecule has 2 amide bonds. The first-order valence-electron chi connectivity index (χ1n) is 12.5. The number of benzene rings is 1. The number of rotatable bonds is 6. The van der Waals surface area contributed by atoms with Crippen molar-refractivity contribution in [1.82, 2.24) is 19.4 Å². The standard InChI is InChI=1S/C28H30N4O2S/c1-28(27(34)29-20-9-2-3-10-20)19-31-23-13-5-4-12-22(23)24(30-15-6-7-16-30)25(31)26(33)32(28)17-14-21-11-8-18-35-21/h4-8,11-13,15-16,18,20H,2-3,9-10,14,17,19H2,1H3,(H,29,34)/t28-/m0/s1. The van der Waals surface area contributed by atoms with Crippen LogP contribution < -0.4 is 5.32 Å². The van der Waals surface area contributed by atoms with Gasteiger partial charge < -0.3 is 19.4 Å². The van der Waals surface area contributed by atoms with Gasteiger partial charge in [0.2, 0.25) is 5.91 Å². The highest BCUT2D eigenvalue weighted by atomic mass is 32.1. The Morgan fingerprint density at radius 3 is 2.60 bits per heavy atom. The quantitative estimate of drug-likeness (QED) is 0.417. The van der Waals surface area contributed by atoms with Gasteiger partial charge in [0.15, 0.2) is 0 Å². The fraction of sp³-hybridized carbons (Fsp3) is 0.357. The maximum atomic E-state index is 14.3. The van der Waals surface area contributed by atoms with Gasteiger partial charge in [0, 0.05) is 35.2 Å². The van der Waals surface area contributed by atoms with Crippen LogP contribution in [0.4, 0.5) is 0 Å². The van der Waals surface area contributed by atoms with E-state index in [1.54, 1.807) is 11.3 Å². The van der Waals surface area contributed by atoms with Crippen molar-refractivity contribution in [2.45, 2.75) is 57.2 Å². The molecule has 6 nitrogen and oxygen atoms in total. The number of amides is 2. The van der Waals surface area contributed by atoms with E-state index in [9.17, 15) is 9.59 Å². The van der Waals surface area contributed by atoms with Crippen molar-refractivity contribution >= 4 is 34.1 Å². The maximum absolute atomic E-state index is 14.3. The predicted molar refractivity (Wildman–Crippen MR) is 139 cm³/mol. The van der Waals surface area contributed by atoms with Crippen LogP contribution in [-0.2, 0) is 17.8 Å². The molecule has 0 spiro atoms. The fourth-order valence-electron chi connectivity index (χ4n) is 5.79. The summed E-state index contributed by atoms with van der Waals surface area (Å²) in [5.41, 5.74) is 1.55. The summed E-state index contributed by atoms with van der Waals surface area (Å²) >= 11 is 1.69. The Morgan fingerprint density at radius 2 is 1.86 bits per heavy atom. The van der Waals surface area contributed by atoms with Crippen molar-refractivity contribution in [3.05, 3.63) is 76.9 Å². The normalized spacial score (nSPS) is 20.5. The van der Waals surface area contributed by atoms with E-state index in [4.69, 9.17) is 0 Å². The van der Waals surface area contributed by atoms with E-state index in [-0.39, 0.29) is 17.9 Å². The number of hydrogen-bond donors (Lipinski definition) is 1. The molecular weight excluding hydrogens is 456 g/mol. The van der Waals surface area contributed by atoms with Gasteiger partial charge in [-0.15, -0.1) is 11.3 Å². The van der Waals surface area contributed by atoms with E-state index in [2.05, 4.69) is 33.5 Å². The predicted octanol–water partition coefficient (Wildman–Crippen LogP) is 5.01. The van der Waals surface area contributed by atoms with Crippen LogP contribution in [0.1, 0.15) is 48.0 Å². The molecule has 1 N–H and O–H groups in total. The van der Waals surface area contributed by atoms with Gasteiger partial charge in [-0.25, -0.2) is 0 Å². The van der Waals surface area contributed by atoms with Crippen molar-refractivity contribution in [1.29, 1.82) is 0 Å². The molecule has 1 aliphatic carbocycles. The van der Waals surface area contributed by atoms with Crippen molar-refractivity contribution < 1.29 is 9.59 Å². The maximum Gasteiger partial charge on any atom is 0.273 e. The summed E-state index contributed by atoms with van der Waals surface area (Å²) in [5.74, 6) is -0.133. The Labute approximate surface area is 209 Å². The molecular formula is C28H30N4O2S. The minimum absolute atomic E-state index is 0.0464. The van der Waals surface area contributed by atoms with Gasteiger partial charge in [-0.05, 0) is 55.8 Å². The van der Waals surface area contributed by atoms with E-state index >= 15 is 0 Å². The molecule has 1 aromatic carbocycles. The van der Waals surface area contributed by atoms with Crippen LogP contribution >= 0.6 is 11.3 Å².